The molecule has 0 radical (unpaired) electrons. The van der Waals surface area contributed by atoms with Gasteiger partial charge < -0.3 is 16.0 Å². The largest absolute Gasteiger partial charge is 0.369 e. The first kappa shape index (κ1) is 11.2. The number of benzene rings is 1. The van der Waals surface area contributed by atoms with E-state index in [0.29, 0.717) is 0 Å². The van der Waals surface area contributed by atoms with Crippen molar-refractivity contribution >= 4 is 23.1 Å². The van der Waals surface area contributed by atoms with Gasteiger partial charge in [0.2, 0.25) is 5.96 Å². The van der Waals surface area contributed by atoms with Gasteiger partial charge in [0, 0.05) is 18.0 Å². The van der Waals surface area contributed by atoms with Gasteiger partial charge in [-0.1, -0.05) is 18.2 Å². The number of guanidine groups is 1. The second-order valence-corrected chi connectivity index (χ2v) is 3.86. The zero-order valence-electron chi connectivity index (χ0n) is 9.88. The highest BCUT2D eigenvalue weighted by Gasteiger charge is 2.08. The molecule has 0 aliphatic rings. The van der Waals surface area contributed by atoms with Gasteiger partial charge in [0.25, 0.3) is 0 Å². The third-order valence-electron chi connectivity index (χ3n) is 2.77. The number of rotatable bonds is 2. The van der Waals surface area contributed by atoms with E-state index in [2.05, 4.69) is 33.8 Å². The molecule has 1 aromatic heterocycles. The maximum Gasteiger partial charge on any atom is 0.211 e. The van der Waals surface area contributed by atoms with Crippen LogP contribution in [0.2, 0.25) is 0 Å². The maximum absolute atomic E-state index is 5.21. The minimum atomic E-state index is -0.0438. The van der Waals surface area contributed by atoms with Crippen LogP contribution in [-0.4, -0.2) is 16.7 Å². The summed E-state index contributed by atoms with van der Waals surface area (Å²) in [4.78, 5) is 0. The van der Waals surface area contributed by atoms with Crippen molar-refractivity contribution in [1.29, 1.82) is 0 Å². The summed E-state index contributed by atoms with van der Waals surface area (Å²) in [5.74, 6) is -0.0438. The number of nitrogens with two attached hydrogens (primary N) is 2. The van der Waals surface area contributed by atoms with E-state index in [1.807, 2.05) is 19.2 Å². The van der Waals surface area contributed by atoms with Crippen LogP contribution in [0.15, 0.2) is 34.5 Å². The van der Waals surface area contributed by atoms with Crippen LogP contribution in [-0.2, 0) is 7.05 Å². The Morgan fingerprint density at radius 2 is 2.00 bits per heavy atom. The van der Waals surface area contributed by atoms with Crippen LogP contribution in [0.5, 0.6) is 0 Å². The van der Waals surface area contributed by atoms with E-state index in [1.165, 1.54) is 5.39 Å². The Labute approximate surface area is 99.4 Å². The average Bonchev–Trinajstić information content (AvgIpc) is 2.54. The van der Waals surface area contributed by atoms with Crippen molar-refractivity contribution in [3.63, 3.8) is 0 Å². The summed E-state index contributed by atoms with van der Waals surface area (Å²) >= 11 is 0. The SMILES string of the molecule is Cc1c(/C=N/N=C(N)N)n(C)c2ccccc12. The summed E-state index contributed by atoms with van der Waals surface area (Å²) in [5.41, 5.74) is 13.8. The number of hydrogen-bond acceptors (Lipinski definition) is 2. The van der Waals surface area contributed by atoms with Crippen molar-refractivity contribution in [3.8, 4) is 0 Å². The van der Waals surface area contributed by atoms with Gasteiger partial charge in [-0.05, 0) is 18.6 Å². The molecule has 17 heavy (non-hydrogen) atoms. The van der Waals surface area contributed by atoms with Gasteiger partial charge in [-0.15, -0.1) is 5.10 Å². The monoisotopic (exact) mass is 229 g/mol. The summed E-state index contributed by atoms with van der Waals surface area (Å²) < 4.78 is 2.07. The highest BCUT2D eigenvalue weighted by molar-refractivity contribution is 5.94. The lowest BCUT2D eigenvalue weighted by molar-refractivity contribution is 0.951. The summed E-state index contributed by atoms with van der Waals surface area (Å²) in [6.45, 7) is 2.05. The molecule has 0 unspecified atom stereocenters. The smallest absolute Gasteiger partial charge is 0.211 e. The van der Waals surface area contributed by atoms with Gasteiger partial charge in [0.05, 0.1) is 11.9 Å². The molecular weight excluding hydrogens is 214 g/mol. The Morgan fingerprint density at radius 1 is 1.29 bits per heavy atom. The Bertz CT molecular complexity index is 564. The number of hydrogen-bond donors (Lipinski definition) is 2. The minimum absolute atomic E-state index is 0.0438. The summed E-state index contributed by atoms with van der Waals surface area (Å²) in [6.07, 6.45) is 1.66. The van der Waals surface area contributed by atoms with E-state index in [0.717, 1.165) is 16.8 Å². The van der Waals surface area contributed by atoms with Crippen molar-refractivity contribution in [2.24, 2.45) is 28.7 Å². The Kier molecular flexibility index (Phi) is 2.82. The standard InChI is InChI=1S/C12H15N5/c1-8-9-5-3-4-6-10(9)17(2)11(8)7-15-16-12(13)14/h3-7H,1-2H3,(H4,13,14,16)/b15-7+. The molecule has 0 amide bonds. The average molecular weight is 229 g/mol. The first-order chi connectivity index (χ1) is 8.11. The second kappa shape index (κ2) is 4.29. The van der Waals surface area contributed by atoms with Crippen LogP contribution in [0.1, 0.15) is 11.3 Å². The van der Waals surface area contributed by atoms with Crippen LogP contribution in [0, 0.1) is 6.92 Å². The highest BCUT2D eigenvalue weighted by atomic mass is 15.3. The molecule has 0 fully saturated rings. The molecule has 0 aliphatic heterocycles. The summed E-state index contributed by atoms with van der Waals surface area (Å²) in [5, 5.41) is 8.66. The Hall–Kier alpha value is -2.30. The molecule has 5 nitrogen and oxygen atoms in total. The van der Waals surface area contributed by atoms with E-state index in [4.69, 9.17) is 11.5 Å². The fourth-order valence-electron chi connectivity index (χ4n) is 1.94. The highest BCUT2D eigenvalue weighted by Crippen LogP contribution is 2.22. The van der Waals surface area contributed by atoms with Gasteiger partial charge >= 0.3 is 0 Å². The number of aromatic nitrogens is 1. The lowest BCUT2D eigenvalue weighted by Crippen LogP contribution is -2.21. The third-order valence-corrected chi connectivity index (χ3v) is 2.77. The number of nitrogens with zero attached hydrogens (tertiary/aromatic N) is 3. The first-order valence-corrected chi connectivity index (χ1v) is 5.27. The molecule has 0 aliphatic carbocycles. The molecule has 88 valence electrons. The fourth-order valence-corrected chi connectivity index (χ4v) is 1.94. The second-order valence-electron chi connectivity index (χ2n) is 3.86. The molecule has 2 aromatic rings. The molecule has 4 N–H and O–H groups in total. The van der Waals surface area contributed by atoms with Crippen molar-refractivity contribution in [2.75, 3.05) is 0 Å². The molecule has 1 heterocycles. The first-order valence-electron chi connectivity index (χ1n) is 5.27. The third kappa shape index (κ3) is 1.99. The molecule has 5 heteroatoms. The molecule has 0 atom stereocenters. The zero-order chi connectivity index (χ0) is 12.4. The van der Waals surface area contributed by atoms with Crippen LogP contribution < -0.4 is 11.5 Å². The normalized spacial score (nSPS) is 11.2. The van der Waals surface area contributed by atoms with Crippen molar-refractivity contribution < 1.29 is 0 Å². The van der Waals surface area contributed by atoms with Gasteiger partial charge in [0.1, 0.15) is 0 Å². The molecule has 0 saturated carbocycles. The molecular formula is C12H15N5. The van der Waals surface area contributed by atoms with E-state index in [-0.39, 0.29) is 5.96 Å². The fraction of sp³-hybridized carbons (Fsp3) is 0.167. The van der Waals surface area contributed by atoms with E-state index < -0.39 is 0 Å². The van der Waals surface area contributed by atoms with Crippen LogP contribution in [0.25, 0.3) is 10.9 Å². The maximum atomic E-state index is 5.21. The van der Waals surface area contributed by atoms with Crippen molar-refractivity contribution in [1.82, 2.24) is 4.57 Å². The molecule has 1 aromatic carbocycles. The van der Waals surface area contributed by atoms with E-state index in [9.17, 15) is 0 Å². The lowest BCUT2D eigenvalue weighted by Gasteiger charge is -1.98. The van der Waals surface area contributed by atoms with Gasteiger partial charge in [-0.25, -0.2) is 0 Å². The Morgan fingerprint density at radius 3 is 2.65 bits per heavy atom. The number of para-hydroxylation sites is 1. The summed E-state index contributed by atoms with van der Waals surface area (Å²) in [6, 6.07) is 8.19. The van der Waals surface area contributed by atoms with Crippen molar-refractivity contribution in [3.05, 3.63) is 35.5 Å². The Balaban J connectivity index is 2.55. The van der Waals surface area contributed by atoms with Crippen LogP contribution >= 0.6 is 0 Å². The van der Waals surface area contributed by atoms with Gasteiger partial charge in [-0.3, -0.25) is 0 Å². The van der Waals surface area contributed by atoms with E-state index >= 15 is 0 Å². The zero-order valence-corrected chi connectivity index (χ0v) is 9.88. The molecule has 0 bridgehead atoms. The number of aryl methyl sites for hydroxylation is 2. The quantitative estimate of drug-likeness (QED) is 0.459. The summed E-state index contributed by atoms with van der Waals surface area (Å²) in [7, 11) is 1.99. The molecule has 2 rings (SSSR count). The van der Waals surface area contributed by atoms with Gasteiger partial charge in [-0.2, -0.15) is 5.10 Å². The number of fused-ring (bicyclic) bond motifs is 1. The van der Waals surface area contributed by atoms with Gasteiger partial charge in [0.15, 0.2) is 0 Å². The van der Waals surface area contributed by atoms with Crippen LogP contribution in [0.4, 0.5) is 0 Å². The molecule has 0 spiro atoms. The topological polar surface area (TPSA) is 81.7 Å². The lowest BCUT2D eigenvalue weighted by atomic mass is 10.1. The van der Waals surface area contributed by atoms with Crippen LogP contribution in [0.3, 0.4) is 0 Å². The molecule has 0 saturated heterocycles. The predicted molar refractivity (Wildman–Crippen MR) is 71.1 cm³/mol. The van der Waals surface area contributed by atoms with E-state index in [1.54, 1.807) is 6.21 Å². The predicted octanol–water partition coefficient (Wildman–Crippen LogP) is 1.09. The minimum Gasteiger partial charge on any atom is -0.369 e. The van der Waals surface area contributed by atoms with Crippen molar-refractivity contribution in [2.45, 2.75) is 6.92 Å².